The van der Waals surface area contributed by atoms with Crippen LogP contribution in [0, 0.1) is 0 Å². The van der Waals surface area contributed by atoms with Gasteiger partial charge in [-0.2, -0.15) is 0 Å². The van der Waals surface area contributed by atoms with E-state index in [1.54, 1.807) is 0 Å². The first kappa shape index (κ1) is 10.1. The number of hydrogen-bond donors (Lipinski definition) is 0. The van der Waals surface area contributed by atoms with E-state index in [1.807, 2.05) is 6.92 Å². The van der Waals surface area contributed by atoms with E-state index in [0.717, 1.165) is 0 Å². The summed E-state index contributed by atoms with van der Waals surface area (Å²) in [6.07, 6.45) is 2.01. The highest BCUT2D eigenvalue weighted by Gasteiger charge is 2.02. The van der Waals surface area contributed by atoms with Crippen LogP contribution in [0.2, 0.25) is 0 Å². The van der Waals surface area contributed by atoms with Gasteiger partial charge in [0.15, 0.2) is 0 Å². The number of Topliss-reactive ketones (excluding diaryl/α,β-unsaturated/α-hetero) is 1. The van der Waals surface area contributed by atoms with Crippen LogP contribution in [0.3, 0.4) is 0 Å². The molecule has 0 unspecified atom stereocenters. The predicted octanol–water partition coefficient (Wildman–Crippen LogP) is 1.31. The van der Waals surface area contributed by atoms with Gasteiger partial charge in [0, 0.05) is 19.3 Å². The Bertz CT molecular complexity index is 124. The van der Waals surface area contributed by atoms with Crippen LogP contribution in [0.4, 0.5) is 0 Å². The van der Waals surface area contributed by atoms with Crippen LogP contribution in [0.15, 0.2) is 0 Å². The molecular weight excluding hydrogens is 144 g/mol. The Balaban J connectivity index is 3.27. The van der Waals surface area contributed by atoms with Gasteiger partial charge in [0.25, 0.3) is 0 Å². The maximum absolute atomic E-state index is 10.7. The van der Waals surface area contributed by atoms with Crippen LogP contribution in [-0.4, -0.2) is 18.9 Å². The summed E-state index contributed by atoms with van der Waals surface area (Å²) in [4.78, 5) is 21.3. The maximum Gasteiger partial charge on any atom is 0.305 e. The molecule has 3 heteroatoms. The number of ether oxygens (including phenoxy) is 1. The summed E-state index contributed by atoms with van der Waals surface area (Å²) in [5.74, 6) is -0.0391. The van der Waals surface area contributed by atoms with Gasteiger partial charge in [-0.15, -0.1) is 0 Å². The fourth-order valence-electron chi connectivity index (χ4n) is 0.709. The zero-order valence-electron chi connectivity index (χ0n) is 7.05. The van der Waals surface area contributed by atoms with E-state index < -0.39 is 0 Å². The van der Waals surface area contributed by atoms with Crippen LogP contribution >= 0.6 is 0 Å². The normalized spacial score (nSPS) is 9.27. The van der Waals surface area contributed by atoms with Crippen molar-refractivity contribution in [2.24, 2.45) is 0 Å². The molecule has 0 radical (unpaired) electrons. The predicted molar refractivity (Wildman–Crippen MR) is 41.2 cm³/mol. The first-order valence-corrected chi connectivity index (χ1v) is 3.79. The molecule has 0 heterocycles. The van der Waals surface area contributed by atoms with Gasteiger partial charge in [-0.05, 0) is 6.42 Å². The minimum Gasteiger partial charge on any atom is -0.469 e. The lowest BCUT2D eigenvalue weighted by molar-refractivity contribution is -0.140. The molecule has 0 saturated heterocycles. The highest BCUT2D eigenvalue weighted by atomic mass is 16.5. The number of rotatable bonds is 5. The van der Waals surface area contributed by atoms with Crippen LogP contribution in [-0.2, 0) is 14.3 Å². The topological polar surface area (TPSA) is 43.4 Å². The van der Waals surface area contributed by atoms with Crippen molar-refractivity contribution >= 4 is 11.8 Å². The lowest BCUT2D eigenvalue weighted by Gasteiger charge is -1.97. The Kier molecular flexibility index (Phi) is 5.43. The van der Waals surface area contributed by atoms with E-state index >= 15 is 0 Å². The van der Waals surface area contributed by atoms with Gasteiger partial charge in [-0.1, -0.05) is 6.92 Å². The quantitative estimate of drug-likeness (QED) is 0.566. The van der Waals surface area contributed by atoms with Crippen molar-refractivity contribution in [1.29, 1.82) is 0 Å². The minimum atomic E-state index is -0.242. The summed E-state index contributed by atoms with van der Waals surface area (Å²) >= 11 is 0. The van der Waals surface area contributed by atoms with Crippen molar-refractivity contribution < 1.29 is 14.3 Å². The average Bonchev–Trinajstić information content (AvgIpc) is 2.04. The Morgan fingerprint density at radius 3 is 2.36 bits per heavy atom. The Morgan fingerprint density at radius 1 is 1.27 bits per heavy atom. The van der Waals surface area contributed by atoms with Gasteiger partial charge in [-0.25, -0.2) is 0 Å². The minimum absolute atomic E-state index is 0.203. The molecule has 0 aliphatic heterocycles. The highest BCUT2D eigenvalue weighted by Crippen LogP contribution is 1.99. The molecule has 0 aliphatic carbocycles. The third-order valence-corrected chi connectivity index (χ3v) is 1.46. The standard InChI is InChI=1S/C8H14O3/c1-3-7(9)5-4-6-8(10)11-2/h3-6H2,1-2H3. The summed E-state index contributed by atoms with van der Waals surface area (Å²) in [5.41, 5.74) is 0. The summed E-state index contributed by atoms with van der Waals surface area (Å²) in [6, 6.07) is 0. The smallest absolute Gasteiger partial charge is 0.305 e. The number of ketones is 1. The number of carbonyl (C=O) groups excluding carboxylic acids is 2. The largest absolute Gasteiger partial charge is 0.469 e. The van der Waals surface area contributed by atoms with E-state index in [0.29, 0.717) is 25.7 Å². The molecule has 0 bridgehead atoms. The van der Waals surface area contributed by atoms with Gasteiger partial charge in [0.05, 0.1) is 7.11 Å². The van der Waals surface area contributed by atoms with Crippen molar-refractivity contribution in [3.8, 4) is 0 Å². The molecule has 3 nitrogen and oxygen atoms in total. The second-order valence-corrected chi connectivity index (χ2v) is 2.32. The second kappa shape index (κ2) is 5.89. The van der Waals surface area contributed by atoms with Gasteiger partial charge < -0.3 is 4.74 Å². The molecule has 0 aliphatic rings. The number of carbonyl (C=O) groups is 2. The lowest BCUT2D eigenvalue weighted by Crippen LogP contribution is -2.02. The first-order chi connectivity index (χ1) is 5.20. The second-order valence-electron chi connectivity index (χ2n) is 2.32. The molecule has 0 fully saturated rings. The number of hydrogen-bond acceptors (Lipinski definition) is 3. The van der Waals surface area contributed by atoms with E-state index in [4.69, 9.17) is 0 Å². The molecule has 0 rings (SSSR count). The van der Waals surface area contributed by atoms with E-state index in [1.165, 1.54) is 7.11 Å². The fraction of sp³-hybridized carbons (Fsp3) is 0.750. The van der Waals surface area contributed by atoms with Gasteiger partial charge >= 0.3 is 5.97 Å². The van der Waals surface area contributed by atoms with Crippen LogP contribution in [0.5, 0.6) is 0 Å². The van der Waals surface area contributed by atoms with Crippen molar-refractivity contribution in [1.82, 2.24) is 0 Å². The lowest BCUT2D eigenvalue weighted by atomic mass is 10.1. The third-order valence-electron chi connectivity index (χ3n) is 1.46. The van der Waals surface area contributed by atoms with Crippen LogP contribution in [0.1, 0.15) is 32.6 Å². The monoisotopic (exact) mass is 158 g/mol. The van der Waals surface area contributed by atoms with Crippen molar-refractivity contribution in [2.75, 3.05) is 7.11 Å². The zero-order valence-corrected chi connectivity index (χ0v) is 7.05. The SMILES string of the molecule is CCC(=O)CCCC(=O)OC. The molecule has 0 aromatic rings. The molecule has 0 aromatic heterocycles. The Labute approximate surface area is 66.7 Å². The van der Waals surface area contributed by atoms with Crippen LogP contribution < -0.4 is 0 Å². The van der Waals surface area contributed by atoms with Crippen molar-refractivity contribution in [3.05, 3.63) is 0 Å². The maximum atomic E-state index is 10.7. The molecule has 0 N–H and O–H groups in total. The summed E-state index contributed by atoms with van der Waals surface area (Å²) < 4.78 is 4.42. The van der Waals surface area contributed by atoms with Gasteiger partial charge in [-0.3, -0.25) is 9.59 Å². The van der Waals surface area contributed by atoms with Crippen LogP contribution in [0.25, 0.3) is 0 Å². The average molecular weight is 158 g/mol. The molecule has 0 amide bonds. The molecule has 0 atom stereocenters. The summed E-state index contributed by atoms with van der Waals surface area (Å²) in [7, 11) is 1.35. The molecule has 64 valence electrons. The van der Waals surface area contributed by atoms with Gasteiger partial charge in [0.2, 0.25) is 0 Å². The summed E-state index contributed by atoms with van der Waals surface area (Å²) in [6.45, 7) is 1.82. The summed E-state index contributed by atoms with van der Waals surface area (Å²) in [5, 5.41) is 0. The van der Waals surface area contributed by atoms with E-state index in [2.05, 4.69) is 4.74 Å². The molecule has 0 saturated carbocycles. The van der Waals surface area contributed by atoms with E-state index in [-0.39, 0.29) is 11.8 Å². The third kappa shape index (κ3) is 5.58. The van der Waals surface area contributed by atoms with E-state index in [9.17, 15) is 9.59 Å². The molecular formula is C8H14O3. The fourth-order valence-corrected chi connectivity index (χ4v) is 0.709. The Morgan fingerprint density at radius 2 is 1.91 bits per heavy atom. The van der Waals surface area contributed by atoms with Crippen molar-refractivity contribution in [2.45, 2.75) is 32.6 Å². The zero-order chi connectivity index (χ0) is 8.69. The molecule has 0 spiro atoms. The highest BCUT2D eigenvalue weighted by molar-refractivity contribution is 5.78. The van der Waals surface area contributed by atoms with Crippen molar-refractivity contribution in [3.63, 3.8) is 0 Å². The molecule has 0 aromatic carbocycles. The number of methoxy groups -OCH3 is 1. The van der Waals surface area contributed by atoms with Gasteiger partial charge in [0.1, 0.15) is 5.78 Å². The number of esters is 1. The Hall–Kier alpha value is -0.860. The first-order valence-electron chi connectivity index (χ1n) is 3.79. The molecule has 11 heavy (non-hydrogen) atoms.